The Balaban J connectivity index is 0.0000144. The van der Waals surface area contributed by atoms with E-state index >= 15 is 0 Å². The van der Waals surface area contributed by atoms with E-state index < -0.39 is 29.9 Å². The number of hydrogen-bond acceptors (Lipinski definition) is 6. The number of rotatable bonds is 18. The molecule has 0 unspecified atom stereocenters. The normalized spacial score (nSPS) is 12.4. The lowest BCUT2D eigenvalue weighted by Crippen LogP contribution is -3.00. The van der Waals surface area contributed by atoms with Gasteiger partial charge in [0.05, 0.1) is 19.7 Å². The Morgan fingerprint density at radius 3 is 2.26 bits per heavy atom. The van der Waals surface area contributed by atoms with Crippen LogP contribution in [-0.2, 0) is 30.3 Å². The zero-order valence-electron chi connectivity index (χ0n) is 22.5. The molecular weight excluding hydrogens is 526 g/mol. The number of carbonyl (C=O) groups is 4. The molecule has 7 N–H and O–H groups in total. The lowest BCUT2D eigenvalue weighted by Gasteiger charge is -2.23. The van der Waals surface area contributed by atoms with Crippen LogP contribution in [0.3, 0.4) is 0 Å². The van der Waals surface area contributed by atoms with Crippen LogP contribution in [0, 0.1) is 5.92 Å². The van der Waals surface area contributed by atoms with Crippen molar-refractivity contribution in [3.63, 3.8) is 0 Å². The topological polar surface area (TPSA) is 177 Å². The fourth-order valence-corrected chi connectivity index (χ4v) is 3.71. The number of ether oxygens (including phenoxy) is 2. The van der Waals surface area contributed by atoms with Gasteiger partial charge < -0.3 is 32.5 Å². The number of Topliss-reactive ketones (excluding diaryl/α,β-unsaturated/α-hetero) is 1. The molecule has 0 fully saturated rings. The molecular formula is C27H40ClN5O6. The van der Waals surface area contributed by atoms with Gasteiger partial charge in [-0.3, -0.25) is 30.8 Å². The van der Waals surface area contributed by atoms with Gasteiger partial charge in [-0.2, -0.15) is 0 Å². The number of carbonyl (C=O) groups excluding carboxylic acids is 4. The molecule has 0 aliphatic carbocycles. The Hall–Kier alpha value is -3.86. The second-order valence-electron chi connectivity index (χ2n) is 8.70. The Morgan fingerprint density at radius 1 is 1.05 bits per heavy atom. The Morgan fingerprint density at radius 2 is 1.72 bits per heavy atom. The summed E-state index contributed by atoms with van der Waals surface area (Å²) in [6.07, 6.45) is 4.16. The summed E-state index contributed by atoms with van der Waals surface area (Å²) in [6, 6.07) is 5.37. The summed E-state index contributed by atoms with van der Waals surface area (Å²) in [5.74, 6) is -1.86. The fourth-order valence-electron chi connectivity index (χ4n) is 3.71. The minimum atomic E-state index is -0.929. The van der Waals surface area contributed by atoms with E-state index in [9.17, 15) is 19.2 Å². The fraction of sp³-hybridized carbons (Fsp3) is 0.444. The number of ketones is 1. The van der Waals surface area contributed by atoms with E-state index in [-0.39, 0.29) is 49.3 Å². The van der Waals surface area contributed by atoms with Crippen LogP contribution in [0.15, 0.2) is 49.6 Å². The molecule has 216 valence electrons. The number of amides is 2. The standard InChI is InChI=1S/C27H39N5O6.ClH/c1-5-8-22(26(36)37-4)32-25(35)20(9-7-14-30-27(28)29)17-24(34)23(31-18(3)33)16-19-10-12-21(13-11-19)38-15-6-2;/h5-6,10-13,20,22-23H,1-2,7-9,14-17H2,3-4H3,(H,31,33)(H,32,35)(H4,28,29,30);1H/t20-,22-,23-;/m0./s1. The lowest BCUT2D eigenvalue weighted by atomic mass is 9.90. The lowest BCUT2D eigenvalue weighted by molar-refractivity contribution is -0.459. The molecule has 0 aromatic heterocycles. The van der Waals surface area contributed by atoms with Gasteiger partial charge in [0.15, 0.2) is 5.78 Å². The van der Waals surface area contributed by atoms with Crippen molar-refractivity contribution in [3.05, 3.63) is 55.1 Å². The summed E-state index contributed by atoms with van der Waals surface area (Å²) in [7, 11) is 1.22. The number of benzene rings is 1. The van der Waals surface area contributed by atoms with Crippen LogP contribution in [0.5, 0.6) is 5.75 Å². The maximum absolute atomic E-state index is 13.4. The van der Waals surface area contributed by atoms with Crippen LogP contribution in [0.4, 0.5) is 0 Å². The van der Waals surface area contributed by atoms with Crippen LogP contribution < -0.4 is 44.2 Å². The minimum Gasteiger partial charge on any atom is -1.00 e. The largest absolute Gasteiger partial charge is 1.00 e. The molecule has 0 saturated heterocycles. The van der Waals surface area contributed by atoms with Crippen LogP contribution in [0.1, 0.15) is 38.2 Å². The molecule has 3 atom stereocenters. The Bertz CT molecular complexity index is 995. The van der Waals surface area contributed by atoms with Crippen molar-refractivity contribution >= 4 is 29.5 Å². The van der Waals surface area contributed by atoms with Gasteiger partial charge in [0.25, 0.3) is 0 Å². The Kier molecular flexibility index (Phi) is 17.3. The third-order valence-electron chi connectivity index (χ3n) is 5.58. The molecule has 0 aliphatic heterocycles. The van der Waals surface area contributed by atoms with E-state index in [1.54, 1.807) is 30.3 Å². The predicted octanol–water partition coefficient (Wildman–Crippen LogP) is -3.75. The van der Waals surface area contributed by atoms with Crippen LogP contribution in [-0.4, -0.2) is 61.9 Å². The number of esters is 1. The average molecular weight is 566 g/mol. The van der Waals surface area contributed by atoms with Crippen molar-refractivity contribution in [2.45, 2.75) is 51.1 Å². The van der Waals surface area contributed by atoms with Crippen molar-refractivity contribution in [2.24, 2.45) is 17.4 Å². The minimum absolute atomic E-state index is 0. The predicted molar refractivity (Wildman–Crippen MR) is 144 cm³/mol. The summed E-state index contributed by atoms with van der Waals surface area (Å²) in [4.78, 5) is 53.2. The van der Waals surface area contributed by atoms with E-state index in [0.29, 0.717) is 31.7 Å². The van der Waals surface area contributed by atoms with E-state index in [1.165, 1.54) is 20.1 Å². The highest BCUT2D eigenvalue weighted by molar-refractivity contribution is 5.93. The molecule has 0 heterocycles. The van der Waals surface area contributed by atoms with Gasteiger partial charge in [-0.25, -0.2) is 4.79 Å². The molecule has 1 aromatic carbocycles. The van der Waals surface area contributed by atoms with Gasteiger partial charge in [-0.15, -0.1) is 6.58 Å². The maximum atomic E-state index is 13.4. The van der Waals surface area contributed by atoms with Crippen LogP contribution >= 0.6 is 0 Å². The molecule has 1 aromatic rings. The first-order chi connectivity index (χ1) is 18.1. The van der Waals surface area contributed by atoms with E-state index in [1.807, 2.05) is 0 Å². The maximum Gasteiger partial charge on any atom is 0.338 e. The number of hydrogen-bond donors (Lipinski definition) is 5. The van der Waals surface area contributed by atoms with Crippen molar-refractivity contribution in [3.8, 4) is 5.75 Å². The van der Waals surface area contributed by atoms with Gasteiger partial charge in [0, 0.05) is 19.3 Å². The van der Waals surface area contributed by atoms with E-state index in [4.69, 9.17) is 20.9 Å². The molecule has 11 nitrogen and oxygen atoms in total. The first-order valence-corrected chi connectivity index (χ1v) is 12.3. The van der Waals surface area contributed by atoms with Gasteiger partial charge in [-0.05, 0) is 43.4 Å². The summed E-state index contributed by atoms with van der Waals surface area (Å²) < 4.78 is 10.2. The smallest absolute Gasteiger partial charge is 0.338 e. The first-order valence-electron chi connectivity index (χ1n) is 12.3. The molecule has 0 radical (unpaired) electrons. The summed E-state index contributed by atoms with van der Waals surface area (Å²) >= 11 is 0. The number of methoxy groups -OCH3 is 1. The highest BCUT2D eigenvalue weighted by atomic mass is 35.5. The molecule has 2 amide bonds. The molecule has 0 aliphatic rings. The highest BCUT2D eigenvalue weighted by Crippen LogP contribution is 2.18. The molecule has 0 spiro atoms. The molecule has 39 heavy (non-hydrogen) atoms. The quantitative estimate of drug-likeness (QED) is 0.0396. The summed E-state index contributed by atoms with van der Waals surface area (Å²) in [5, 5.41) is 5.35. The summed E-state index contributed by atoms with van der Waals surface area (Å²) in [6.45, 7) is 9.30. The monoisotopic (exact) mass is 565 g/mol. The molecule has 0 saturated carbocycles. The van der Waals surface area contributed by atoms with Crippen molar-refractivity contribution in [2.75, 3.05) is 20.3 Å². The van der Waals surface area contributed by atoms with E-state index in [2.05, 4.69) is 28.8 Å². The van der Waals surface area contributed by atoms with Crippen LogP contribution in [0.2, 0.25) is 0 Å². The second-order valence-corrected chi connectivity index (χ2v) is 8.70. The van der Waals surface area contributed by atoms with Gasteiger partial charge in [-0.1, -0.05) is 30.9 Å². The second kappa shape index (κ2) is 19.2. The highest BCUT2D eigenvalue weighted by Gasteiger charge is 2.30. The number of halogens is 1. The van der Waals surface area contributed by atoms with Crippen LogP contribution in [0.25, 0.3) is 0 Å². The molecule has 12 heteroatoms. The average Bonchev–Trinajstić information content (AvgIpc) is 2.88. The third-order valence-corrected chi connectivity index (χ3v) is 5.58. The third kappa shape index (κ3) is 14.0. The number of guanidine groups is 1. The zero-order valence-corrected chi connectivity index (χ0v) is 23.3. The molecule has 1 rings (SSSR count). The first kappa shape index (κ1) is 35.1. The van der Waals surface area contributed by atoms with Crippen molar-refractivity contribution in [1.29, 1.82) is 0 Å². The number of nitrogens with one attached hydrogen (secondary N) is 3. The number of nitrogens with two attached hydrogens (primary N) is 2. The van der Waals surface area contributed by atoms with Crippen molar-refractivity contribution in [1.82, 2.24) is 10.6 Å². The Labute approximate surface area is 235 Å². The van der Waals surface area contributed by atoms with Gasteiger partial charge in [0.1, 0.15) is 18.4 Å². The van der Waals surface area contributed by atoms with Gasteiger partial charge in [0.2, 0.25) is 11.8 Å². The summed E-state index contributed by atoms with van der Waals surface area (Å²) in [5.41, 5.74) is 11.7. The molecule has 0 bridgehead atoms. The van der Waals surface area contributed by atoms with Gasteiger partial charge >= 0.3 is 11.9 Å². The SMILES string of the molecule is C=CCOc1ccc(C[C@H](NC(C)=O)C(=O)C[C@H](CCC[NH+]=C(N)N)C(=O)N[C@@H](CC=C)C(=O)OC)cc1.[Cl-]. The zero-order chi connectivity index (χ0) is 28.5. The van der Waals surface area contributed by atoms with Crippen molar-refractivity contribution < 1.29 is 46.1 Å². The van der Waals surface area contributed by atoms with E-state index in [0.717, 1.165) is 5.56 Å².